The fourth-order valence-corrected chi connectivity index (χ4v) is 1.10. The van der Waals surface area contributed by atoms with Crippen molar-refractivity contribution in [3.05, 3.63) is 24.3 Å². The standard InChI is InChI=1S/C10H15BO2.2H2O/c1-12-6-3-7-13-10-5-2-4-9(11)8-10;;/h2,4-5,8H,3,6-7,11H2,1H3;2*1H2. The first-order chi connectivity index (χ1) is 6.33. The molecule has 0 unspecified atom stereocenters. The number of benzene rings is 1. The second-order valence-electron chi connectivity index (χ2n) is 3.01. The van der Waals surface area contributed by atoms with E-state index in [-0.39, 0.29) is 11.0 Å². The second kappa shape index (κ2) is 9.52. The average Bonchev–Trinajstić information content (AvgIpc) is 2.13. The van der Waals surface area contributed by atoms with Gasteiger partial charge in [-0.3, -0.25) is 0 Å². The fraction of sp³-hybridized carbons (Fsp3) is 0.400. The normalized spacial score (nSPS) is 8.60. The first-order valence-corrected chi connectivity index (χ1v) is 4.51. The molecular weight excluding hydrogens is 195 g/mol. The average molecular weight is 214 g/mol. The maximum absolute atomic E-state index is 5.51. The molecule has 0 fully saturated rings. The number of rotatable bonds is 5. The predicted molar refractivity (Wildman–Crippen MR) is 63.8 cm³/mol. The van der Waals surface area contributed by atoms with Gasteiger partial charge < -0.3 is 20.4 Å². The van der Waals surface area contributed by atoms with E-state index in [0.717, 1.165) is 25.4 Å². The zero-order valence-corrected chi connectivity index (χ0v) is 9.25. The molecule has 0 atom stereocenters. The molecule has 0 bridgehead atoms. The molecule has 0 heterocycles. The minimum Gasteiger partial charge on any atom is -0.494 e. The van der Waals surface area contributed by atoms with E-state index in [0.29, 0.717) is 0 Å². The van der Waals surface area contributed by atoms with Crippen LogP contribution in [0.5, 0.6) is 5.75 Å². The number of ether oxygens (including phenoxy) is 2. The van der Waals surface area contributed by atoms with Crippen molar-refractivity contribution in [3.8, 4) is 5.75 Å². The van der Waals surface area contributed by atoms with Crippen LogP contribution in [-0.4, -0.2) is 39.1 Å². The molecule has 4 N–H and O–H groups in total. The lowest BCUT2D eigenvalue weighted by Gasteiger charge is -2.05. The summed E-state index contributed by atoms with van der Waals surface area (Å²) in [5, 5.41) is 0. The van der Waals surface area contributed by atoms with Crippen molar-refractivity contribution < 1.29 is 20.4 Å². The van der Waals surface area contributed by atoms with Crippen molar-refractivity contribution >= 4 is 13.3 Å². The molecule has 1 aromatic carbocycles. The van der Waals surface area contributed by atoms with Crippen LogP contribution in [0.1, 0.15) is 6.42 Å². The molecule has 0 aliphatic heterocycles. The molecule has 0 saturated carbocycles. The van der Waals surface area contributed by atoms with Crippen LogP contribution in [0.3, 0.4) is 0 Å². The molecule has 86 valence electrons. The van der Waals surface area contributed by atoms with Crippen molar-refractivity contribution in [1.82, 2.24) is 0 Å². The summed E-state index contributed by atoms with van der Waals surface area (Å²) in [5.41, 5.74) is 1.23. The van der Waals surface area contributed by atoms with Gasteiger partial charge in [0.05, 0.1) is 6.61 Å². The van der Waals surface area contributed by atoms with Crippen molar-refractivity contribution in [2.75, 3.05) is 20.3 Å². The monoisotopic (exact) mass is 214 g/mol. The molecule has 0 aliphatic rings. The van der Waals surface area contributed by atoms with Gasteiger partial charge in [-0.05, 0) is 12.1 Å². The third-order valence-corrected chi connectivity index (χ3v) is 1.75. The Morgan fingerprint density at radius 2 is 1.93 bits per heavy atom. The molecule has 1 rings (SSSR count). The van der Waals surface area contributed by atoms with Gasteiger partial charge in [-0.15, -0.1) is 0 Å². The zero-order chi connectivity index (χ0) is 9.52. The molecule has 0 aliphatic carbocycles. The van der Waals surface area contributed by atoms with Crippen LogP contribution in [0.4, 0.5) is 0 Å². The van der Waals surface area contributed by atoms with Crippen LogP contribution in [0.25, 0.3) is 0 Å². The highest BCUT2D eigenvalue weighted by molar-refractivity contribution is 6.32. The Hall–Kier alpha value is -1.04. The van der Waals surface area contributed by atoms with Crippen molar-refractivity contribution in [2.24, 2.45) is 0 Å². The highest BCUT2D eigenvalue weighted by Gasteiger charge is 1.92. The van der Waals surface area contributed by atoms with Gasteiger partial charge in [0.25, 0.3) is 0 Å². The smallest absolute Gasteiger partial charge is 0.139 e. The molecule has 0 radical (unpaired) electrons. The summed E-state index contributed by atoms with van der Waals surface area (Å²) >= 11 is 0. The Morgan fingerprint density at radius 1 is 1.20 bits per heavy atom. The minimum atomic E-state index is 0. The molecule has 4 nitrogen and oxygen atoms in total. The fourth-order valence-electron chi connectivity index (χ4n) is 1.10. The predicted octanol–water partition coefficient (Wildman–Crippen LogP) is -1.29. The highest BCUT2D eigenvalue weighted by Crippen LogP contribution is 2.06. The SMILES string of the molecule is Bc1cccc(OCCCOC)c1.O.O. The largest absolute Gasteiger partial charge is 0.494 e. The Morgan fingerprint density at radius 3 is 2.53 bits per heavy atom. The molecule has 0 aromatic heterocycles. The third-order valence-electron chi connectivity index (χ3n) is 1.75. The van der Waals surface area contributed by atoms with E-state index in [1.54, 1.807) is 7.11 Å². The molecule has 15 heavy (non-hydrogen) atoms. The molecule has 0 saturated heterocycles. The van der Waals surface area contributed by atoms with Crippen LogP contribution >= 0.6 is 0 Å². The third kappa shape index (κ3) is 6.96. The van der Waals surface area contributed by atoms with Gasteiger partial charge in [-0.2, -0.15) is 0 Å². The van der Waals surface area contributed by atoms with Crippen LogP contribution in [0, 0.1) is 0 Å². The summed E-state index contributed by atoms with van der Waals surface area (Å²) in [6, 6.07) is 8.07. The summed E-state index contributed by atoms with van der Waals surface area (Å²) in [4.78, 5) is 0. The summed E-state index contributed by atoms with van der Waals surface area (Å²) in [7, 11) is 3.76. The molecule has 5 heteroatoms. The van der Waals surface area contributed by atoms with Crippen LogP contribution < -0.4 is 10.2 Å². The topological polar surface area (TPSA) is 81.5 Å². The molecule has 1 aromatic rings. The Labute approximate surface area is 91.2 Å². The van der Waals surface area contributed by atoms with E-state index in [1.165, 1.54) is 5.46 Å². The minimum absolute atomic E-state index is 0. The summed E-state index contributed by atoms with van der Waals surface area (Å²) in [6.07, 6.45) is 0.935. The molecule has 0 spiro atoms. The number of methoxy groups -OCH3 is 1. The van der Waals surface area contributed by atoms with Crippen molar-refractivity contribution in [2.45, 2.75) is 6.42 Å². The molecular formula is C10H19BO4. The van der Waals surface area contributed by atoms with Gasteiger partial charge in [0.2, 0.25) is 0 Å². The van der Waals surface area contributed by atoms with Gasteiger partial charge in [-0.1, -0.05) is 17.6 Å². The Balaban J connectivity index is 0. The first kappa shape index (κ1) is 16.4. The highest BCUT2D eigenvalue weighted by atomic mass is 16.5. The van der Waals surface area contributed by atoms with Gasteiger partial charge in [0.1, 0.15) is 13.6 Å². The van der Waals surface area contributed by atoms with Crippen molar-refractivity contribution in [3.63, 3.8) is 0 Å². The van der Waals surface area contributed by atoms with Crippen molar-refractivity contribution in [1.29, 1.82) is 0 Å². The van der Waals surface area contributed by atoms with E-state index in [4.69, 9.17) is 9.47 Å². The number of hydrogen-bond donors (Lipinski definition) is 0. The number of hydrogen-bond acceptors (Lipinski definition) is 2. The van der Waals surface area contributed by atoms with Gasteiger partial charge in [0, 0.05) is 20.1 Å². The Bertz CT molecular complexity index is 255. The summed E-state index contributed by atoms with van der Waals surface area (Å²) in [6.45, 7) is 1.48. The van der Waals surface area contributed by atoms with E-state index >= 15 is 0 Å². The van der Waals surface area contributed by atoms with E-state index < -0.39 is 0 Å². The maximum Gasteiger partial charge on any atom is 0.139 e. The van der Waals surface area contributed by atoms with Crippen LogP contribution in [0.15, 0.2) is 24.3 Å². The lowest BCUT2D eigenvalue weighted by molar-refractivity contribution is 0.172. The maximum atomic E-state index is 5.51. The first-order valence-electron chi connectivity index (χ1n) is 4.51. The van der Waals surface area contributed by atoms with Crippen LogP contribution in [-0.2, 0) is 4.74 Å². The van der Waals surface area contributed by atoms with Gasteiger partial charge >= 0.3 is 0 Å². The van der Waals surface area contributed by atoms with Gasteiger partial charge in [-0.25, -0.2) is 0 Å². The Kier molecular flexibility index (Phi) is 10.4. The van der Waals surface area contributed by atoms with Crippen LogP contribution in [0.2, 0.25) is 0 Å². The summed E-state index contributed by atoms with van der Waals surface area (Å²) in [5.74, 6) is 0.941. The molecule has 0 amide bonds. The second-order valence-corrected chi connectivity index (χ2v) is 3.01. The van der Waals surface area contributed by atoms with E-state index in [2.05, 4.69) is 13.9 Å². The van der Waals surface area contributed by atoms with E-state index in [1.807, 2.05) is 18.2 Å². The quantitative estimate of drug-likeness (QED) is 0.451. The van der Waals surface area contributed by atoms with E-state index in [9.17, 15) is 0 Å². The lowest BCUT2D eigenvalue weighted by Crippen LogP contribution is -2.05. The summed E-state index contributed by atoms with van der Waals surface area (Å²) < 4.78 is 10.4. The lowest BCUT2D eigenvalue weighted by atomic mass is 9.96. The zero-order valence-electron chi connectivity index (χ0n) is 9.25. The van der Waals surface area contributed by atoms with Gasteiger partial charge in [0.15, 0.2) is 0 Å².